The molecule has 0 saturated heterocycles. The molecule has 0 heterocycles. The Kier molecular flexibility index (Phi) is 6.49. The van der Waals surface area contributed by atoms with Gasteiger partial charge >= 0.3 is 0 Å². The zero-order valence-corrected chi connectivity index (χ0v) is 12.5. The van der Waals surface area contributed by atoms with Crippen molar-refractivity contribution in [3.05, 3.63) is 48.0 Å². The summed E-state index contributed by atoms with van der Waals surface area (Å²) in [7, 11) is 0. The van der Waals surface area contributed by atoms with Gasteiger partial charge in [0, 0.05) is 13.0 Å². The van der Waals surface area contributed by atoms with Crippen LogP contribution in [0.25, 0.3) is 10.8 Å². The number of rotatable bonds is 5. The fourth-order valence-corrected chi connectivity index (χ4v) is 2.20. The molecule has 0 aliphatic heterocycles. The third-order valence-electron chi connectivity index (χ3n) is 3.22. The van der Waals surface area contributed by atoms with E-state index >= 15 is 0 Å². The van der Waals surface area contributed by atoms with Gasteiger partial charge in [-0.1, -0.05) is 43.3 Å². The molecule has 1 atom stereocenters. The summed E-state index contributed by atoms with van der Waals surface area (Å²) in [6.07, 6.45) is 1.39. The summed E-state index contributed by atoms with van der Waals surface area (Å²) in [4.78, 5) is 11.7. The van der Waals surface area contributed by atoms with Crippen LogP contribution in [0.2, 0.25) is 0 Å². The van der Waals surface area contributed by atoms with Crippen LogP contribution in [0.1, 0.15) is 31.4 Å². The Balaban J connectivity index is 0.00000200. The largest absolute Gasteiger partial charge is 0.348 e. The maximum atomic E-state index is 11.7. The Morgan fingerprint density at radius 2 is 1.90 bits per heavy atom. The highest BCUT2D eigenvalue weighted by Crippen LogP contribution is 2.20. The van der Waals surface area contributed by atoms with Crippen LogP contribution in [0.5, 0.6) is 0 Å². The summed E-state index contributed by atoms with van der Waals surface area (Å²) in [5.41, 5.74) is 6.84. The lowest BCUT2D eigenvalue weighted by Gasteiger charge is -2.17. The fraction of sp³-hybridized carbons (Fsp3) is 0.312. The van der Waals surface area contributed by atoms with Crippen molar-refractivity contribution in [2.24, 2.45) is 5.73 Å². The SMILES string of the molecule is CCCC(=O)NC(CN)c1ccc2ccccc2c1.Cl. The third-order valence-corrected chi connectivity index (χ3v) is 3.22. The number of nitrogens with two attached hydrogens (primary N) is 1. The lowest BCUT2D eigenvalue weighted by Crippen LogP contribution is -2.33. The van der Waals surface area contributed by atoms with Crippen LogP contribution in [0.3, 0.4) is 0 Å². The van der Waals surface area contributed by atoms with Gasteiger partial charge in [-0.15, -0.1) is 12.4 Å². The maximum absolute atomic E-state index is 11.7. The van der Waals surface area contributed by atoms with E-state index in [1.807, 2.05) is 25.1 Å². The molecule has 2 rings (SSSR count). The van der Waals surface area contributed by atoms with Gasteiger partial charge in [-0.2, -0.15) is 0 Å². The normalized spacial score (nSPS) is 11.7. The standard InChI is InChI=1S/C16H20N2O.ClH/c1-2-5-16(19)18-15(11-17)14-9-8-12-6-3-4-7-13(12)10-14;/h3-4,6-10,15H,2,5,11,17H2,1H3,(H,18,19);1H. The quantitative estimate of drug-likeness (QED) is 0.889. The van der Waals surface area contributed by atoms with Crippen molar-refractivity contribution in [3.63, 3.8) is 0 Å². The van der Waals surface area contributed by atoms with Crippen molar-refractivity contribution >= 4 is 29.1 Å². The first-order valence-corrected chi connectivity index (χ1v) is 6.72. The monoisotopic (exact) mass is 292 g/mol. The van der Waals surface area contributed by atoms with Crippen molar-refractivity contribution in [1.82, 2.24) is 5.32 Å². The second kappa shape index (κ2) is 7.88. The third kappa shape index (κ3) is 3.95. The molecule has 0 fully saturated rings. The predicted molar refractivity (Wildman–Crippen MR) is 86.0 cm³/mol. The van der Waals surface area contributed by atoms with Crippen LogP contribution in [-0.2, 0) is 4.79 Å². The number of carbonyl (C=O) groups is 1. The summed E-state index contributed by atoms with van der Waals surface area (Å²) < 4.78 is 0. The molecular formula is C16H21ClN2O. The summed E-state index contributed by atoms with van der Waals surface area (Å²) in [5.74, 6) is 0.0612. The number of fused-ring (bicyclic) bond motifs is 1. The summed E-state index contributed by atoms with van der Waals surface area (Å²) >= 11 is 0. The first kappa shape index (κ1) is 16.5. The molecule has 3 N–H and O–H groups in total. The van der Waals surface area contributed by atoms with E-state index in [0.29, 0.717) is 13.0 Å². The highest BCUT2D eigenvalue weighted by molar-refractivity contribution is 5.85. The lowest BCUT2D eigenvalue weighted by molar-refractivity contribution is -0.121. The van der Waals surface area contributed by atoms with Gasteiger partial charge in [0.2, 0.25) is 5.91 Å². The topological polar surface area (TPSA) is 55.1 Å². The molecule has 0 bridgehead atoms. The van der Waals surface area contributed by atoms with Gasteiger partial charge in [0.25, 0.3) is 0 Å². The molecule has 2 aromatic rings. The van der Waals surface area contributed by atoms with Gasteiger partial charge in [-0.05, 0) is 28.8 Å². The Morgan fingerprint density at radius 1 is 1.20 bits per heavy atom. The van der Waals surface area contributed by atoms with Gasteiger partial charge in [-0.3, -0.25) is 4.79 Å². The molecule has 3 nitrogen and oxygen atoms in total. The predicted octanol–water partition coefficient (Wildman–Crippen LogP) is 3.18. The number of amides is 1. The van der Waals surface area contributed by atoms with E-state index in [1.54, 1.807) is 0 Å². The number of benzene rings is 2. The van der Waals surface area contributed by atoms with Crippen molar-refractivity contribution in [2.45, 2.75) is 25.8 Å². The van der Waals surface area contributed by atoms with E-state index in [9.17, 15) is 4.79 Å². The Hall–Kier alpha value is -1.58. The molecular weight excluding hydrogens is 272 g/mol. The van der Waals surface area contributed by atoms with Crippen LogP contribution in [0, 0.1) is 0 Å². The van der Waals surface area contributed by atoms with Crippen LogP contribution in [-0.4, -0.2) is 12.5 Å². The minimum absolute atomic E-state index is 0. The van der Waals surface area contributed by atoms with E-state index in [4.69, 9.17) is 5.73 Å². The number of hydrogen-bond donors (Lipinski definition) is 2. The van der Waals surface area contributed by atoms with E-state index in [0.717, 1.165) is 12.0 Å². The van der Waals surface area contributed by atoms with Crippen LogP contribution in [0.15, 0.2) is 42.5 Å². The number of nitrogens with one attached hydrogen (secondary N) is 1. The molecule has 0 aromatic heterocycles. The van der Waals surface area contributed by atoms with Gasteiger partial charge in [0.05, 0.1) is 6.04 Å². The van der Waals surface area contributed by atoms with E-state index in [-0.39, 0.29) is 24.4 Å². The van der Waals surface area contributed by atoms with Crippen molar-refractivity contribution in [1.29, 1.82) is 0 Å². The van der Waals surface area contributed by atoms with Crippen LogP contribution >= 0.6 is 12.4 Å². The molecule has 0 spiro atoms. The van der Waals surface area contributed by atoms with E-state index < -0.39 is 0 Å². The van der Waals surface area contributed by atoms with Crippen molar-refractivity contribution in [3.8, 4) is 0 Å². The molecule has 4 heteroatoms. The molecule has 20 heavy (non-hydrogen) atoms. The van der Waals surface area contributed by atoms with Crippen molar-refractivity contribution in [2.75, 3.05) is 6.54 Å². The molecule has 0 saturated carbocycles. The first-order valence-electron chi connectivity index (χ1n) is 6.72. The zero-order valence-electron chi connectivity index (χ0n) is 11.6. The average Bonchev–Trinajstić information content (AvgIpc) is 2.44. The summed E-state index contributed by atoms with van der Waals surface area (Å²) in [6, 6.07) is 14.3. The Morgan fingerprint density at radius 3 is 2.55 bits per heavy atom. The lowest BCUT2D eigenvalue weighted by atomic mass is 10.0. The highest BCUT2D eigenvalue weighted by Gasteiger charge is 2.12. The van der Waals surface area contributed by atoms with Gasteiger partial charge in [-0.25, -0.2) is 0 Å². The minimum atomic E-state index is -0.108. The molecule has 0 aliphatic carbocycles. The Labute approximate surface area is 126 Å². The van der Waals surface area contributed by atoms with Crippen molar-refractivity contribution < 1.29 is 4.79 Å². The highest BCUT2D eigenvalue weighted by atomic mass is 35.5. The van der Waals surface area contributed by atoms with E-state index in [1.165, 1.54) is 10.8 Å². The second-order valence-electron chi connectivity index (χ2n) is 4.71. The molecule has 2 aromatic carbocycles. The minimum Gasteiger partial charge on any atom is -0.348 e. The van der Waals surface area contributed by atoms with Gasteiger partial charge < -0.3 is 11.1 Å². The number of carbonyl (C=O) groups excluding carboxylic acids is 1. The first-order chi connectivity index (χ1) is 9.24. The molecule has 1 unspecified atom stereocenters. The van der Waals surface area contributed by atoms with E-state index in [2.05, 4.69) is 29.6 Å². The fourth-order valence-electron chi connectivity index (χ4n) is 2.20. The van der Waals surface area contributed by atoms with Crippen LogP contribution in [0.4, 0.5) is 0 Å². The molecule has 1 amide bonds. The van der Waals surface area contributed by atoms with Crippen LogP contribution < -0.4 is 11.1 Å². The van der Waals surface area contributed by atoms with Gasteiger partial charge in [0.1, 0.15) is 0 Å². The zero-order chi connectivity index (χ0) is 13.7. The second-order valence-corrected chi connectivity index (χ2v) is 4.71. The summed E-state index contributed by atoms with van der Waals surface area (Å²) in [5, 5.41) is 5.35. The summed E-state index contributed by atoms with van der Waals surface area (Å²) in [6.45, 7) is 2.40. The average molecular weight is 293 g/mol. The molecule has 0 radical (unpaired) electrons. The molecule has 0 aliphatic rings. The number of hydrogen-bond acceptors (Lipinski definition) is 2. The Bertz CT molecular complexity index is 571. The number of halogens is 1. The maximum Gasteiger partial charge on any atom is 0.220 e. The van der Waals surface area contributed by atoms with Gasteiger partial charge in [0.15, 0.2) is 0 Å². The molecule has 108 valence electrons. The smallest absolute Gasteiger partial charge is 0.220 e.